The van der Waals surface area contributed by atoms with Crippen molar-refractivity contribution >= 4 is 22.8 Å². The summed E-state index contributed by atoms with van der Waals surface area (Å²) in [6, 6.07) is 7.40. The molecule has 0 aliphatic carbocycles. The number of hydrogen-bond donors (Lipinski definition) is 0. The number of nitrogens with zero attached hydrogens (tertiary/aromatic N) is 6. The van der Waals surface area contributed by atoms with Gasteiger partial charge in [0.1, 0.15) is 22.6 Å². The van der Waals surface area contributed by atoms with Crippen LogP contribution in [0, 0.1) is 6.92 Å². The van der Waals surface area contributed by atoms with Gasteiger partial charge in [0.2, 0.25) is 0 Å². The van der Waals surface area contributed by atoms with Gasteiger partial charge in [-0.2, -0.15) is 5.10 Å². The van der Waals surface area contributed by atoms with Crippen LogP contribution in [0.15, 0.2) is 24.3 Å². The van der Waals surface area contributed by atoms with E-state index in [0.717, 1.165) is 34.1 Å². The largest absolute Gasteiger partial charge is 0.491 e. The molecule has 0 atom stereocenters. The van der Waals surface area contributed by atoms with E-state index in [0.29, 0.717) is 31.7 Å². The number of carbonyl (C=O) groups excluding carboxylic acids is 1. The monoisotopic (exact) mass is 436 g/mol. The van der Waals surface area contributed by atoms with Crippen molar-refractivity contribution in [1.82, 2.24) is 24.6 Å². The second-order valence-corrected chi connectivity index (χ2v) is 8.94. The molecule has 4 rings (SSSR count). The molecule has 1 amide bonds. The summed E-state index contributed by atoms with van der Waals surface area (Å²) >= 11 is 0. The van der Waals surface area contributed by atoms with Crippen molar-refractivity contribution in [3.8, 4) is 5.75 Å². The van der Waals surface area contributed by atoms with Crippen molar-refractivity contribution in [3.63, 3.8) is 0 Å². The molecule has 0 bridgehead atoms. The fourth-order valence-corrected chi connectivity index (χ4v) is 4.06. The summed E-state index contributed by atoms with van der Waals surface area (Å²) in [7, 11) is 1.93. The molecule has 1 saturated heterocycles. The van der Waals surface area contributed by atoms with E-state index in [1.807, 2.05) is 61.7 Å². The molecule has 3 heterocycles. The normalized spacial score (nSPS) is 14.6. The van der Waals surface area contributed by atoms with Crippen molar-refractivity contribution in [2.24, 2.45) is 7.05 Å². The lowest BCUT2D eigenvalue weighted by molar-refractivity contribution is 0.0746. The van der Waals surface area contributed by atoms with E-state index in [1.165, 1.54) is 0 Å². The highest BCUT2D eigenvalue weighted by Gasteiger charge is 2.26. The number of carbonyl (C=O) groups is 1. The van der Waals surface area contributed by atoms with Crippen LogP contribution in [-0.4, -0.2) is 62.8 Å². The summed E-state index contributed by atoms with van der Waals surface area (Å²) in [5, 5.41) is 4.57. The maximum Gasteiger partial charge on any atom is 0.253 e. The Kier molecular flexibility index (Phi) is 6.04. The van der Waals surface area contributed by atoms with Crippen molar-refractivity contribution in [2.45, 2.75) is 46.6 Å². The molecular weight excluding hydrogens is 404 g/mol. The van der Waals surface area contributed by atoms with Gasteiger partial charge in [0.25, 0.3) is 5.91 Å². The first-order chi connectivity index (χ1) is 15.2. The Balaban J connectivity index is 1.51. The highest BCUT2D eigenvalue weighted by Crippen LogP contribution is 2.28. The fraction of sp³-hybridized carbons (Fsp3) is 0.500. The summed E-state index contributed by atoms with van der Waals surface area (Å²) in [6.45, 7) is 12.9. The van der Waals surface area contributed by atoms with Gasteiger partial charge < -0.3 is 14.5 Å². The van der Waals surface area contributed by atoms with Gasteiger partial charge in [0.15, 0.2) is 5.82 Å². The van der Waals surface area contributed by atoms with Crippen LogP contribution < -0.4 is 9.64 Å². The Bertz CT molecular complexity index is 1110. The van der Waals surface area contributed by atoms with Crippen LogP contribution in [0.4, 0.5) is 5.82 Å². The van der Waals surface area contributed by atoms with E-state index >= 15 is 0 Å². The average molecular weight is 437 g/mol. The third kappa shape index (κ3) is 4.26. The minimum Gasteiger partial charge on any atom is -0.491 e. The minimum absolute atomic E-state index is 0.0489. The summed E-state index contributed by atoms with van der Waals surface area (Å²) in [4.78, 5) is 26.8. The van der Waals surface area contributed by atoms with E-state index < -0.39 is 0 Å². The third-order valence-corrected chi connectivity index (χ3v) is 5.71. The molecule has 0 spiro atoms. The van der Waals surface area contributed by atoms with Gasteiger partial charge in [-0.15, -0.1) is 0 Å². The number of hydrogen-bond acceptors (Lipinski definition) is 6. The Morgan fingerprint density at radius 3 is 2.25 bits per heavy atom. The molecule has 3 aromatic rings. The van der Waals surface area contributed by atoms with E-state index in [-0.39, 0.29) is 17.9 Å². The summed E-state index contributed by atoms with van der Waals surface area (Å²) in [6.07, 6.45) is 0.109. The maximum absolute atomic E-state index is 13.0. The zero-order valence-electron chi connectivity index (χ0n) is 19.8. The highest BCUT2D eigenvalue weighted by molar-refractivity contribution is 5.94. The predicted molar refractivity (Wildman–Crippen MR) is 125 cm³/mol. The van der Waals surface area contributed by atoms with Gasteiger partial charge in [0.05, 0.1) is 11.8 Å². The van der Waals surface area contributed by atoms with Crippen LogP contribution in [0.25, 0.3) is 11.0 Å². The zero-order valence-corrected chi connectivity index (χ0v) is 19.8. The topological polar surface area (TPSA) is 76.4 Å². The second-order valence-electron chi connectivity index (χ2n) is 8.94. The molecule has 0 unspecified atom stereocenters. The number of anilines is 1. The lowest BCUT2D eigenvalue weighted by atomic mass is 10.1. The quantitative estimate of drug-likeness (QED) is 0.609. The van der Waals surface area contributed by atoms with Gasteiger partial charge in [-0.1, -0.05) is 13.8 Å². The van der Waals surface area contributed by atoms with Crippen molar-refractivity contribution < 1.29 is 9.53 Å². The molecule has 1 aromatic carbocycles. The van der Waals surface area contributed by atoms with Gasteiger partial charge in [-0.3, -0.25) is 9.48 Å². The number of aromatic nitrogens is 4. The van der Waals surface area contributed by atoms with Gasteiger partial charge in [0, 0.05) is 44.7 Å². The Labute approximate surface area is 189 Å². The number of fused-ring (bicyclic) bond motifs is 1. The first kappa shape index (κ1) is 22.0. The highest BCUT2D eigenvalue weighted by atomic mass is 16.5. The molecule has 1 aliphatic rings. The van der Waals surface area contributed by atoms with Crippen LogP contribution in [-0.2, 0) is 7.05 Å². The standard InChI is InChI=1S/C24H32N6O2/c1-15(2)22-25-20-17(5)27-28(6)21(20)23(26-22)29-11-13-30(14-12-29)24(31)18-7-9-19(10-8-18)32-16(3)4/h7-10,15-16H,11-14H2,1-6H3. The minimum atomic E-state index is 0.0489. The summed E-state index contributed by atoms with van der Waals surface area (Å²) in [5.74, 6) is 2.78. The lowest BCUT2D eigenvalue weighted by Crippen LogP contribution is -2.49. The smallest absolute Gasteiger partial charge is 0.253 e. The molecular formula is C24H32N6O2. The van der Waals surface area contributed by atoms with Crippen LogP contribution in [0.5, 0.6) is 5.75 Å². The Morgan fingerprint density at radius 2 is 1.66 bits per heavy atom. The molecule has 1 fully saturated rings. The van der Waals surface area contributed by atoms with E-state index in [9.17, 15) is 4.79 Å². The molecule has 1 aliphatic heterocycles. The third-order valence-electron chi connectivity index (χ3n) is 5.71. The molecule has 8 nitrogen and oxygen atoms in total. The van der Waals surface area contributed by atoms with E-state index in [2.05, 4.69) is 23.8 Å². The molecule has 2 aromatic heterocycles. The number of rotatable bonds is 5. The number of benzene rings is 1. The van der Waals surface area contributed by atoms with Crippen molar-refractivity contribution in [2.75, 3.05) is 31.1 Å². The first-order valence-corrected chi connectivity index (χ1v) is 11.3. The summed E-state index contributed by atoms with van der Waals surface area (Å²) < 4.78 is 7.54. The number of piperazine rings is 1. The van der Waals surface area contributed by atoms with Crippen LogP contribution in [0.3, 0.4) is 0 Å². The predicted octanol–water partition coefficient (Wildman–Crippen LogP) is 3.54. The fourth-order valence-electron chi connectivity index (χ4n) is 4.06. The van der Waals surface area contributed by atoms with Crippen molar-refractivity contribution in [1.29, 1.82) is 0 Å². The first-order valence-electron chi connectivity index (χ1n) is 11.3. The van der Waals surface area contributed by atoms with Crippen LogP contribution in [0.2, 0.25) is 0 Å². The van der Waals surface area contributed by atoms with Crippen molar-refractivity contribution in [3.05, 3.63) is 41.3 Å². The second kappa shape index (κ2) is 8.76. The number of ether oxygens (including phenoxy) is 1. The SMILES string of the molecule is Cc1nn(C)c2c(N3CCN(C(=O)c4ccc(OC(C)C)cc4)CC3)nc(C(C)C)nc12. The molecule has 0 radical (unpaired) electrons. The van der Waals surface area contributed by atoms with Gasteiger partial charge in [-0.05, 0) is 45.0 Å². The molecule has 32 heavy (non-hydrogen) atoms. The summed E-state index contributed by atoms with van der Waals surface area (Å²) in [5.41, 5.74) is 3.45. The molecule has 170 valence electrons. The Hall–Kier alpha value is -3.16. The van der Waals surface area contributed by atoms with Gasteiger partial charge in [-0.25, -0.2) is 9.97 Å². The maximum atomic E-state index is 13.0. The average Bonchev–Trinajstić information content (AvgIpc) is 3.06. The number of aryl methyl sites for hydroxylation is 2. The molecule has 0 saturated carbocycles. The molecule has 0 N–H and O–H groups in total. The number of amides is 1. The molecule has 8 heteroatoms. The zero-order chi connectivity index (χ0) is 23.0. The van der Waals surface area contributed by atoms with Crippen LogP contribution >= 0.6 is 0 Å². The van der Waals surface area contributed by atoms with E-state index in [4.69, 9.17) is 14.7 Å². The van der Waals surface area contributed by atoms with Crippen LogP contribution in [0.1, 0.15) is 55.5 Å². The lowest BCUT2D eigenvalue weighted by Gasteiger charge is -2.36. The Morgan fingerprint density at radius 1 is 1.00 bits per heavy atom. The van der Waals surface area contributed by atoms with Gasteiger partial charge >= 0.3 is 0 Å². The van der Waals surface area contributed by atoms with E-state index in [1.54, 1.807) is 0 Å².